The van der Waals surface area contributed by atoms with E-state index in [1.54, 1.807) is 0 Å². The lowest BCUT2D eigenvalue weighted by molar-refractivity contribution is -0.666. The van der Waals surface area contributed by atoms with Gasteiger partial charge in [0.05, 0.1) is 11.1 Å². The van der Waals surface area contributed by atoms with Crippen LogP contribution in [-0.2, 0) is 4.74 Å². The minimum atomic E-state index is -0.693. The SMILES string of the molecule is CC1(C)COC2=[N+]1C(O)c1ccccc1-c1ccccc12. The van der Waals surface area contributed by atoms with E-state index in [1.165, 1.54) is 0 Å². The van der Waals surface area contributed by atoms with Crippen LogP contribution in [0.5, 0.6) is 0 Å². The maximum Gasteiger partial charge on any atom is 0.373 e. The number of hydrogen-bond acceptors (Lipinski definition) is 2. The van der Waals surface area contributed by atoms with Gasteiger partial charge in [-0.25, -0.2) is 0 Å². The second-order valence-electron chi connectivity index (χ2n) is 6.28. The average molecular weight is 280 g/mol. The summed E-state index contributed by atoms with van der Waals surface area (Å²) in [5.41, 5.74) is 3.93. The second-order valence-corrected chi connectivity index (χ2v) is 6.28. The van der Waals surface area contributed by atoms with Crippen molar-refractivity contribution in [3.63, 3.8) is 0 Å². The summed E-state index contributed by atoms with van der Waals surface area (Å²) in [6.45, 7) is 4.77. The first-order valence-electron chi connectivity index (χ1n) is 7.25. The predicted octanol–water partition coefficient (Wildman–Crippen LogP) is 2.93. The molecular formula is C18H18NO2+. The van der Waals surface area contributed by atoms with Crippen LogP contribution in [0, 0.1) is 0 Å². The molecule has 2 heterocycles. The van der Waals surface area contributed by atoms with E-state index in [4.69, 9.17) is 4.74 Å². The molecule has 3 nitrogen and oxygen atoms in total. The monoisotopic (exact) mass is 280 g/mol. The van der Waals surface area contributed by atoms with Gasteiger partial charge in [0, 0.05) is 13.8 Å². The van der Waals surface area contributed by atoms with Gasteiger partial charge in [-0.3, -0.25) is 0 Å². The topological polar surface area (TPSA) is 32.5 Å². The summed E-state index contributed by atoms with van der Waals surface area (Å²) >= 11 is 0. The van der Waals surface area contributed by atoms with Crippen molar-refractivity contribution < 1.29 is 14.4 Å². The molecule has 0 fully saturated rings. The number of fused-ring (bicyclic) bond motifs is 4. The largest absolute Gasteiger partial charge is 0.437 e. The molecule has 106 valence electrons. The third-order valence-corrected chi connectivity index (χ3v) is 4.36. The van der Waals surface area contributed by atoms with Crippen molar-refractivity contribution in [1.82, 2.24) is 0 Å². The van der Waals surface area contributed by atoms with Crippen LogP contribution in [0.1, 0.15) is 31.2 Å². The fourth-order valence-electron chi connectivity index (χ4n) is 3.32. The molecule has 1 atom stereocenters. The summed E-state index contributed by atoms with van der Waals surface area (Å²) in [6.07, 6.45) is -0.693. The maximum atomic E-state index is 10.9. The molecule has 0 aliphatic carbocycles. The molecule has 2 aliphatic heterocycles. The number of aliphatic hydroxyl groups excluding tert-OH is 1. The van der Waals surface area contributed by atoms with Crippen molar-refractivity contribution in [3.05, 3.63) is 59.7 Å². The lowest BCUT2D eigenvalue weighted by atomic mass is 9.95. The molecule has 1 N–H and O–H groups in total. The Morgan fingerprint density at radius 2 is 1.62 bits per heavy atom. The number of benzene rings is 2. The predicted molar refractivity (Wildman–Crippen MR) is 81.2 cm³/mol. The summed E-state index contributed by atoms with van der Waals surface area (Å²) in [4.78, 5) is 0. The quantitative estimate of drug-likeness (QED) is 0.753. The van der Waals surface area contributed by atoms with Crippen LogP contribution < -0.4 is 0 Å². The summed E-state index contributed by atoms with van der Waals surface area (Å²) in [6, 6.07) is 16.2. The Morgan fingerprint density at radius 1 is 1.00 bits per heavy atom. The molecule has 3 heteroatoms. The first kappa shape index (κ1) is 12.6. The summed E-state index contributed by atoms with van der Waals surface area (Å²) in [7, 11) is 0. The van der Waals surface area contributed by atoms with E-state index >= 15 is 0 Å². The molecule has 0 bridgehead atoms. The van der Waals surface area contributed by atoms with Gasteiger partial charge in [-0.1, -0.05) is 36.4 Å². The lowest BCUT2D eigenvalue weighted by Crippen LogP contribution is -2.38. The smallest absolute Gasteiger partial charge is 0.373 e. The highest BCUT2D eigenvalue weighted by Gasteiger charge is 2.49. The average Bonchev–Trinajstić information content (AvgIpc) is 2.76. The first-order valence-corrected chi connectivity index (χ1v) is 7.25. The molecule has 1 unspecified atom stereocenters. The van der Waals surface area contributed by atoms with E-state index in [0.29, 0.717) is 6.61 Å². The van der Waals surface area contributed by atoms with Gasteiger partial charge in [-0.2, -0.15) is 4.58 Å². The number of nitrogens with zero attached hydrogens (tertiary/aromatic N) is 1. The fourth-order valence-corrected chi connectivity index (χ4v) is 3.32. The van der Waals surface area contributed by atoms with E-state index in [1.807, 2.05) is 34.9 Å². The zero-order valence-electron chi connectivity index (χ0n) is 12.2. The number of hydrogen-bond donors (Lipinski definition) is 1. The molecule has 2 aromatic rings. The Morgan fingerprint density at radius 3 is 2.38 bits per heavy atom. The number of rotatable bonds is 0. The Labute approximate surface area is 124 Å². The van der Waals surface area contributed by atoms with Gasteiger partial charge in [-0.15, -0.1) is 0 Å². The molecular weight excluding hydrogens is 262 g/mol. The molecule has 2 aliphatic rings. The molecule has 0 radical (unpaired) electrons. The molecule has 21 heavy (non-hydrogen) atoms. The Kier molecular flexibility index (Phi) is 2.51. The van der Waals surface area contributed by atoms with Crippen LogP contribution in [0.3, 0.4) is 0 Å². The zero-order chi connectivity index (χ0) is 14.6. The summed E-state index contributed by atoms with van der Waals surface area (Å²) < 4.78 is 7.96. The summed E-state index contributed by atoms with van der Waals surface area (Å²) in [5, 5.41) is 10.9. The van der Waals surface area contributed by atoms with Crippen LogP contribution in [0.25, 0.3) is 11.1 Å². The molecule has 0 aromatic heterocycles. The molecule has 0 saturated carbocycles. The highest BCUT2D eigenvalue weighted by Crippen LogP contribution is 2.39. The normalized spacial score (nSPS) is 22.0. The van der Waals surface area contributed by atoms with Crippen LogP contribution in [-0.4, -0.2) is 27.7 Å². The van der Waals surface area contributed by atoms with E-state index in [9.17, 15) is 5.11 Å². The van der Waals surface area contributed by atoms with E-state index < -0.39 is 6.23 Å². The highest BCUT2D eigenvalue weighted by atomic mass is 16.5. The molecule has 4 rings (SSSR count). The van der Waals surface area contributed by atoms with Crippen molar-refractivity contribution in [1.29, 1.82) is 0 Å². The molecule has 0 amide bonds. The van der Waals surface area contributed by atoms with Gasteiger partial charge >= 0.3 is 5.90 Å². The molecule has 0 spiro atoms. The van der Waals surface area contributed by atoms with E-state index in [-0.39, 0.29) is 5.54 Å². The van der Waals surface area contributed by atoms with Crippen LogP contribution in [0.4, 0.5) is 0 Å². The van der Waals surface area contributed by atoms with Crippen molar-refractivity contribution in [2.75, 3.05) is 6.61 Å². The number of aliphatic hydroxyl groups is 1. The molecule has 2 aromatic carbocycles. The second kappa shape index (κ2) is 4.18. The van der Waals surface area contributed by atoms with Gasteiger partial charge in [0.15, 0.2) is 12.1 Å². The number of ether oxygens (including phenoxy) is 1. The van der Waals surface area contributed by atoms with Gasteiger partial charge in [0.2, 0.25) is 0 Å². The van der Waals surface area contributed by atoms with Crippen molar-refractivity contribution >= 4 is 5.90 Å². The maximum absolute atomic E-state index is 10.9. The van der Waals surface area contributed by atoms with Crippen LogP contribution >= 0.6 is 0 Å². The minimum Gasteiger partial charge on any atom is -0.437 e. The van der Waals surface area contributed by atoms with Crippen molar-refractivity contribution in [3.8, 4) is 11.1 Å². The Hall–Kier alpha value is -2.13. The minimum absolute atomic E-state index is 0.237. The molecule has 0 saturated heterocycles. The van der Waals surface area contributed by atoms with E-state index in [2.05, 4.69) is 32.0 Å². The van der Waals surface area contributed by atoms with Gasteiger partial charge < -0.3 is 9.84 Å². The highest BCUT2D eigenvalue weighted by molar-refractivity contribution is 5.99. The summed E-state index contributed by atoms with van der Waals surface area (Å²) in [5.74, 6) is 0.777. The Bertz CT molecular complexity index is 761. The van der Waals surface area contributed by atoms with Gasteiger partial charge in [-0.05, 0) is 23.3 Å². The van der Waals surface area contributed by atoms with E-state index in [0.717, 1.165) is 28.2 Å². The van der Waals surface area contributed by atoms with Crippen LogP contribution in [0.15, 0.2) is 48.5 Å². The van der Waals surface area contributed by atoms with Gasteiger partial charge in [0.25, 0.3) is 6.23 Å². The van der Waals surface area contributed by atoms with Crippen LogP contribution in [0.2, 0.25) is 0 Å². The Balaban J connectivity index is 2.11. The first-order chi connectivity index (χ1) is 10.1. The van der Waals surface area contributed by atoms with Crippen molar-refractivity contribution in [2.24, 2.45) is 0 Å². The third kappa shape index (κ3) is 1.67. The zero-order valence-corrected chi connectivity index (χ0v) is 12.2. The van der Waals surface area contributed by atoms with Crippen molar-refractivity contribution in [2.45, 2.75) is 25.6 Å². The van der Waals surface area contributed by atoms with Gasteiger partial charge in [0.1, 0.15) is 0 Å². The standard InChI is InChI=1S/C18H18NO2/c1-18(2)11-21-17-15-10-6-4-8-13(15)12-7-3-5-9-14(12)16(20)19(17)18/h3-10,16,20H,11H2,1-2H3/q+1. The third-order valence-electron chi connectivity index (χ3n) is 4.36. The fraction of sp³-hybridized carbons (Fsp3) is 0.278. The lowest BCUT2D eigenvalue weighted by Gasteiger charge is -2.19.